The molecule has 1 heterocycles. The molecule has 0 bridgehead atoms. The zero-order valence-electron chi connectivity index (χ0n) is 21.6. The number of carbonyl (C=O) groups excluding carboxylic acids is 2. The summed E-state index contributed by atoms with van der Waals surface area (Å²) in [6.45, 7) is 1.85. The third-order valence-corrected chi connectivity index (χ3v) is 6.37. The number of esters is 1. The van der Waals surface area contributed by atoms with Crippen LogP contribution in [-0.2, 0) is 4.79 Å². The number of amides is 1. The first kappa shape index (κ1) is 25.7. The van der Waals surface area contributed by atoms with Crippen molar-refractivity contribution in [3.8, 4) is 34.5 Å². The molecule has 0 N–H and O–H groups in total. The predicted molar refractivity (Wildman–Crippen MR) is 136 cm³/mol. The molecule has 9 heteroatoms. The van der Waals surface area contributed by atoms with Crippen molar-refractivity contribution in [3.63, 3.8) is 0 Å². The number of anilines is 1. The van der Waals surface area contributed by atoms with Gasteiger partial charge in [0.05, 0.1) is 53.2 Å². The van der Waals surface area contributed by atoms with Gasteiger partial charge in [-0.15, -0.1) is 0 Å². The molecule has 3 aromatic carbocycles. The fraction of sp³-hybridized carbons (Fsp3) is 0.286. The first-order valence-corrected chi connectivity index (χ1v) is 11.5. The number of para-hydroxylation sites is 1. The van der Waals surface area contributed by atoms with E-state index in [1.54, 1.807) is 53.4 Å². The average molecular weight is 508 g/mol. The van der Waals surface area contributed by atoms with Gasteiger partial charge >= 0.3 is 5.97 Å². The number of carbonyl (C=O) groups is 2. The van der Waals surface area contributed by atoms with Crippen molar-refractivity contribution in [2.75, 3.05) is 40.4 Å². The molecule has 2 atom stereocenters. The molecule has 1 aliphatic heterocycles. The lowest BCUT2D eigenvalue weighted by atomic mass is 9.83. The molecule has 1 amide bonds. The minimum Gasteiger partial charge on any atom is -0.496 e. The summed E-state index contributed by atoms with van der Waals surface area (Å²) in [6.07, 6.45) is 0. The van der Waals surface area contributed by atoms with Crippen molar-refractivity contribution >= 4 is 17.6 Å². The third kappa shape index (κ3) is 4.60. The second kappa shape index (κ2) is 10.7. The summed E-state index contributed by atoms with van der Waals surface area (Å²) in [5.74, 6) is 1.33. The standard InChI is InChI=1S/C28H29NO8/c1-16-25(29(27(16)30)18-14-23(34-4)26(36-6)24(15-18)35-5)17-11-12-21(33-3)22(13-17)37-28(31)19-9-7-8-10-20(19)32-2/h7-16,25H,1-6H3/t16?,25-/m1/s1. The average Bonchev–Trinajstić information content (AvgIpc) is 2.94. The summed E-state index contributed by atoms with van der Waals surface area (Å²) in [6, 6.07) is 15.2. The zero-order chi connectivity index (χ0) is 26.7. The molecule has 0 saturated carbocycles. The Morgan fingerprint density at radius 1 is 0.730 bits per heavy atom. The minimum absolute atomic E-state index is 0.0670. The van der Waals surface area contributed by atoms with Crippen LogP contribution >= 0.6 is 0 Å². The Balaban J connectivity index is 1.71. The summed E-state index contributed by atoms with van der Waals surface area (Å²) < 4.78 is 32.8. The largest absolute Gasteiger partial charge is 0.496 e. The Morgan fingerprint density at radius 3 is 1.95 bits per heavy atom. The maximum absolute atomic E-state index is 13.0. The van der Waals surface area contributed by atoms with Gasteiger partial charge in [-0.05, 0) is 29.8 Å². The minimum atomic E-state index is -0.591. The van der Waals surface area contributed by atoms with Crippen molar-refractivity contribution in [3.05, 3.63) is 65.7 Å². The van der Waals surface area contributed by atoms with E-state index in [-0.39, 0.29) is 29.2 Å². The molecule has 4 rings (SSSR count). The topological polar surface area (TPSA) is 92.8 Å². The van der Waals surface area contributed by atoms with Crippen molar-refractivity contribution in [1.29, 1.82) is 0 Å². The van der Waals surface area contributed by atoms with Gasteiger partial charge in [-0.2, -0.15) is 0 Å². The lowest BCUT2D eigenvalue weighted by molar-refractivity contribution is -0.129. The van der Waals surface area contributed by atoms with E-state index >= 15 is 0 Å². The quantitative estimate of drug-likeness (QED) is 0.234. The van der Waals surface area contributed by atoms with E-state index < -0.39 is 5.97 Å². The van der Waals surface area contributed by atoms with E-state index in [2.05, 4.69) is 0 Å². The van der Waals surface area contributed by atoms with Gasteiger partial charge in [0.2, 0.25) is 11.7 Å². The van der Waals surface area contributed by atoms with E-state index in [9.17, 15) is 9.59 Å². The number of ether oxygens (including phenoxy) is 6. The number of nitrogens with zero attached hydrogens (tertiary/aromatic N) is 1. The van der Waals surface area contributed by atoms with Crippen LogP contribution in [0.25, 0.3) is 0 Å². The van der Waals surface area contributed by atoms with Crippen LogP contribution in [0.15, 0.2) is 54.6 Å². The molecule has 9 nitrogen and oxygen atoms in total. The molecule has 1 unspecified atom stereocenters. The van der Waals surface area contributed by atoms with Crippen molar-refractivity contribution in [1.82, 2.24) is 0 Å². The molecule has 194 valence electrons. The molecule has 0 spiro atoms. The molecule has 0 aromatic heterocycles. The van der Waals surface area contributed by atoms with Crippen molar-refractivity contribution in [2.24, 2.45) is 5.92 Å². The van der Waals surface area contributed by atoms with Gasteiger partial charge in [-0.1, -0.05) is 25.1 Å². The van der Waals surface area contributed by atoms with E-state index in [4.69, 9.17) is 28.4 Å². The van der Waals surface area contributed by atoms with Crippen LogP contribution in [0.5, 0.6) is 34.5 Å². The van der Waals surface area contributed by atoms with E-state index in [1.165, 1.54) is 35.5 Å². The highest BCUT2D eigenvalue weighted by atomic mass is 16.6. The molecule has 1 fully saturated rings. The van der Waals surface area contributed by atoms with Crippen molar-refractivity contribution in [2.45, 2.75) is 13.0 Å². The number of hydrogen-bond acceptors (Lipinski definition) is 8. The summed E-state index contributed by atoms with van der Waals surface area (Å²) >= 11 is 0. The smallest absolute Gasteiger partial charge is 0.347 e. The summed E-state index contributed by atoms with van der Waals surface area (Å²) in [4.78, 5) is 27.7. The van der Waals surface area contributed by atoms with Gasteiger partial charge in [-0.25, -0.2) is 4.79 Å². The first-order chi connectivity index (χ1) is 17.9. The highest BCUT2D eigenvalue weighted by Gasteiger charge is 2.46. The molecule has 3 aromatic rings. The van der Waals surface area contributed by atoms with Crippen LogP contribution < -0.4 is 33.3 Å². The van der Waals surface area contributed by atoms with E-state index in [0.717, 1.165) is 5.56 Å². The maximum Gasteiger partial charge on any atom is 0.347 e. The van der Waals surface area contributed by atoms with Gasteiger partial charge in [0.1, 0.15) is 11.3 Å². The highest BCUT2D eigenvalue weighted by Crippen LogP contribution is 2.49. The molecule has 1 aliphatic rings. The van der Waals surface area contributed by atoms with Crippen molar-refractivity contribution < 1.29 is 38.0 Å². The number of benzene rings is 3. The maximum atomic E-state index is 13.0. The Labute approximate surface area is 215 Å². The number of hydrogen-bond donors (Lipinski definition) is 0. The van der Waals surface area contributed by atoms with Gasteiger partial charge in [0.25, 0.3) is 0 Å². The molecule has 0 radical (unpaired) electrons. The summed E-state index contributed by atoms with van der Waals surface area (Å²) in [5.41, 5.74) is 1.64. The second-order valence-corrected chi connectivity index (χ2v) is 8.33. The summed E-state index contributed by atoms with van der Waals surface area (Å²) in [7, 11) is 7.54. The normalized spacial score (nSPS) is 16.5. The van der Waals surface area contributed by atoms with E-state index in [1.807, 2.05) is 13.0 Å². The number of methoxy groups -OCH3 is 5. The van der Waals surface area contributed by atoms with Crippen LogP contribution in [0.3, 0.4) is 0 Å². The van der Waals surface area contributed by atoms with Gasteiger partial charge < -0.3 is 33.3 Å². The Bertz CT molecular complexity index is 1300. The number of β-lactam (4-membered cyclic amide) rings is 1. The monoisotopic (exact) mass is 507 g/mol. The van der Waals surface area contributed by atoms with Crippen LogP contribution in [0.4, 0.5) is 5.69 Å². The summed E-state index contributed by atoms with van der Waals surface area (Å²) in [5, 5.41) is 0. The molecular formula is C28H29NO8. The lowest BCUT2D eigenvalue weighted by Crippen LogP contribution is -2.54. The van der Waals surface area contributed by atoms with Gasteiger partial charge in [0.15, 0.2) is 23.0 Å². The fourth-order valence-corrected chi connectivity index (χ4v) is 4.49. The SMILES string of the molecule is COc1ccc([C@H]2C(C)C(=O)N2c2cc(OC)c(OC)c(OC)c2)cc1OC(=O)c1ccccc1OC. The Hall–Kier alpha value is -4.40. The predicted octanol–water partition coefficient (Wildman–Crippen LogP) is 4.67. The second-order valence-electron chi connectivity index (χ2n) is 8.33. The molecular weight excluding hydrogens is 478 g/mol. The van der Waals surface area contributed by atoms with Crippen LogP contribution in [0.2, 0.25) is 0 Å². The third-order valence-electron chi connectivity index (χ3n) is 6.37. The van der Waals surface area contributed by atoms with Gasteiger partial charge in [-0.3, -0.25) is 4.79 Å². The Morgan fingerprint density at radius 2 is 1.35 bits per heavy atom. The molecule has 1 saturated heterocycles. The van der Waals surface area contributed by atoms with Crippen LogP contribution in [-0.4, -0.2) is 47.4 Å². The highest BCUT2D eigenvalue weighted by molar-refractivity contribution is 6.03. The number of rotatable bonds is 9. The zero-order valence-corrected chi connectivity index (χ0v) is 21.6. The first-order valence-electron chi connectivity index (χ1n) is 11.5. The van der Waals surface area contributed by atoms with Crippen LogP contribution in [0, 0.1) is 5.92 Å². The molecule has 0 aliphatic carbocycles. The molecule has 37 heavy (non-hydrogen) atoms. The Kier molecular flexibility index (Phi) is 7.42. The lowest BCUT2D eigenvalue weighted by Gasteiger charge is -2.46. The fourth-order valence-electron chi connectivity index (χ4n) is 4.49. The van der Waals surface area contributed by atoms with Gasteiger partial charge in [0, 0.05) is 12.1 Å². The van der Waals surface area contributed by atoms with Crippen LogP contribution in [0.1, 0.15) is 28.9 Å². The van der Waals surface area contributed by atoms with E-state index in [0.29, 0.717) is 34.4 Å².